The minimum absolute atomic E-state index is 0.132. The summed E-state index contributed by atoms with van der Waals surface area (Å²) in [5.74, 6) is -1.80. The van der Waals surface area contributed by atoms with Gasteiger partial charge >= 0.3 is 11.9 Å². The van der Waals surface area contributed by atoms with Crippen molar-refractivity contribution >= 4 is 46.2 Å². The molecule has 0 heterocycles. The van der Waals surface area contributed by atoms with Gasteiger partial charge in [0.25, 0.3) is 0 Å². The second-order valence-corrected chi connectivity index (χ2v) is 7.33. The van der Waals surface area contributed by atoms with Crippen LogP contribution in [-0.2, 0) is 4.79 Å². The summed E-state index contributed by atoms with van der Waals surface area (Å²) >= 11 is 6.52. The molecule has 0 saturated heterocycles. The number of thiocarbonyl (C=S) groups is 1. The van der Waals surface area contributed by atoms with Gasteiger partial charge in [0.15, 0.2) is 0 Å². The number of rotatable bonds is 9. The Bertz CT molecular complexity index is 677. The Labute approximate surface area is 151 Å². The number of aliphatic carboxylic acids is 1. The first kappa shape index (κ1) is 20.1. The standard InChI is InChI=1S/C18H20O4S2/c1-12(7-3-6-10-17(19)20)16(24-13(2)23)11-14-8-4-5-9-15(14)18(21)22/h4-5,8-9,11H,1,3,6-7,10H2,2H3,(H,19,20)(H,21,22)/b16-11-. The predicted molar refractivity (Wildman–Crippen MR) is 102 cm³/mol. The fraction of sp³-hybridized carbons (Fsp3) is 0.278. The van der Waals surface area contributed by atoms with E-state index in [4.69, 9.17) is 17.3 Å². The highest BCUT2D eigenvalue weighted by molar-refractivity contribution is 8.25. The first-order valence-electron chi connectivity index (χ1n) is 7.43. The van der Waals surface area contributed by atoms with Crippen LogP contribution >= 0.6 is 24.0 Å². The van der Waals surface area contributed by atoms with Gasteiger partial charge in [-0.05, 0) is 49.5 Å². The average Bonchev–Trinajstić information content (AvgIpc) is 2.50. The second kappa shape index (κ2) is 10.1. The van der Waals surface area contributed by atoms with Gasteiger partial charge in [-0.2, -0.15) is 0 Å². The highest BCUT2D eigenvalue weighted by Gasteiger charge is 2.11. The molecule has 6 heteroatoms. The Balaban J connectivity index is 2.96. The minimum atomic E-state index is -0.989. The van der Waals surface area contributed by atoms with Gasteiger partial charge in [0.1, 0.15) is 0 Å². The Morgan fingerprint density at radius 2 is 1.83 bits per heavy atom. The van der Waals surface area contributed by atoms with Crippen molar-refractivity contribution in [3.05, 3.63) is 52.4 Å². The Kier molecular flexibility index (Phi) is 8.43. The van der Waals surface area contributed by atoms with Crippen molar-refractivity contribution in [1.29, 1.82) is 0 Å². The third kappa shape index (κ3) is 7.10. The van der Waals surface area contributed by atoms with Gasteiger partial charge in [0, 0.05) is 15.5 Å². The molecule has 1 aromatic rings. The molecule has 0 spiro atoms. The second-order valence-electron chi connectivity index (χ2n) is 5.20. The lowest BCUT2D eigenvalue weighted by Gasteiger charge is -2.11. The number of carboxylic acids is 2. The van der Waals surface area contributed by atoms with Gasteiger partial charge in [-0.1, -0.05) is 48.8 Å². The van der Waals surface area contributed by atoms with Gasteiger partial charge in [-0.15, -0.1) is 0 Å². The molecule has 0 atom stereocenters. The summed E-state index contributed by atoms with van der Waals surface area (Å²) < 4.78 is 0.709. The average molecular weight is 364 g/mol. The van der Waals surface area contributed by atoms with Crippen LogP contribution in [0, 0.1) is 0 Å². The molecule has 0 amide bonds. The lowest BCUT2D eigenvalue weighted by Crippen LogP contribution is -1.99. The molecule has 0 radical (unpaired) electrons. The van der Waals surface area contributed by atoms with Crippen molar-refractivity contribution < 1.29 is 19.8 Å². The molecular formula is C18H20O4S2. The normalized spacial score (nSPS) is 11.1. The summed E-state index contributed by atoms with van der Waals surface area (Å²) in [5, 5.41) is 18.0. The van der Waals surface area contributed by atoms with E-state index in [0.717, 1.165) is 10.5 Å². The van der Waals surface area contributed by atoms with Crippen molar-refractivity contribution in [2.45, 2.75) is 32.6 Å². The van der Waals surface area contributed by atoms with Crippen LogP contribution in [0.2, 0.25) is 0 Å². The summed E-state index contributed by atoms with van der Waals surface area (Å²) in [7, 11) is 0. The fourth-order valence-electron chi connectivity index (χ4n) is 2.06. The monoisotopic (exact) mass is 364 g/mol. The van der Waals surface area contributed by atoms with Crippen molar-refractivity contribution in [1.82, 2.24) is 0 Å². The summed E-state index contributed by atoms with van der Waals surface area (Å²) in [6.07, 6.45) is 3.84. The Morgan fingerprint density at radius 1 is 1.21 bits per heavy atom. The van der Waals surface area contributed by atoms with E-state index in [1.807, 2.05) is 0 Å². The number of hydrogen-bond donors (Lipinski definition) is 2. The summed E-state index contributed by atoms with van der Waals surface area (Å²) in [4.78, 5) is 22.7. The Morgan fingerprint density at radius 3 is 2.42 bits per heavy atom. The molecule has 0 aliphatic rings. The van der Waals surface area contributed by atoms with Crippen LogP contribution in [-0.4, -0.2) is 26.3 Å². The predicted octanol–water partition coefficient (Wildman–Crippen LogP) is 5.01. The SMILES string of the molecule is C=C(CCCCC(=O)O)/C(=C/c1ccccc1C(=O)O)SC(C)=S. The van der Waals surface area contributed by atoms with Crippen LogP contribution in [0.4, 0.5) is 0 Å². The molecule has 24 heavy (non-hydrogen) atoms. The largest absolute Gasteiger partial charge is 0.481 e. The highest BCUT2D eigenvalue weighted by Crippen LogP contribution is 2.31. The summed E-state index contributed by atoms with van der Waals surface area (Å²) in [5.41, 5.74) is 1.64. The number of carboxylic acid groups (broad SMARTS) is 2. The van der Waals surface area contributed by atoms with E-state index in [9.17, 15) is 14.7 Å². The number of aromatic carboxylic acids is 1. The van der Waals surface area contributed by atoms with Crippen molar-refractivity contribution in [3.63, 3.8) is 0 Å². The van der Waals surface area contributed by atoms with Crippen molar-refractivity contribution in [2.75, 3.05) is 0 Å². The quantitative estimate of drug-likeness (QED) is 0.364. The Hall–Kier alpha value is -1.92. The van der Waals surface area contributed by atoms with Crippen LogP contribution < -0.4 is 0 Å². The van der Waals surface area contributed by atoms with E-state index < -0.39 is 11.9 Å². The zero-order chi connectivity index (χ0) is 18.1. The van der Waals surface area contributed by atoms with Gasteiger partial charge in [-0.25, -0.2) is 4.79 Å². The third-order valence-electron chi connectivity index (χ3n) is 3.20. The van der Waals surface area contributed by atoms with Gasteiger partial charge in [0.05, 0.1) is 5.56 Å². The molecule has 0 aromatic heterocycles. The maximum absolute atomic E-state index is 11.3. The molecule has 0 aliphatic carbocycles. The molecule has 0 fully saturated rings. The zero-order valence-corrected chi connectivity index (χ0v) is 15.1. The molecule has 4 nitrogen and oxygen atoms in total. The van der Waals surface area contributed by atoms with Gasteiger partial charge in [0.2, 0.25) is 0 Å². The van der Waals surface area contributed by atoms with E-state index in [1.165, 1.54) is 11.8 Å². The molecule has 1 rings (SSSR count). The molecular weight excluding hydrogens is 344 g/mol. The third-order valence-corrected chi connectivity index (χ3v) is 4.36. The van der Waals surface area contributed by atoms with E-state index in [2.05, 4.69) is 6.58 Å². The number of allylic oxidation sites excluding steroid dienone is 1. The molecule has 2 N–H and O–H groups in total. The summed E-state index contributed by atoms with van der Waals surface area (Å²) in [6.45, 7) is 5.85. The number of unbranched alkanes of at least 4 members (excludes halogenated alkanes) is 1. The van der Waals surface area contributed by atoms with Crippen LogP contribution in [0.15, 0.2) is 41.3 Å². The lowest BCUT2D eigenvalue weighted by molar-refractivity contribution is -0.137. The van der Waals surface area contributed by atoms with E-state index in [0.29, 0.717) is 29.0 Å². The minimum Gasteiger partial charge on any atom is -0.481 e. The molecule has 128 valence electrons. The van der Waals surface area contributed by atoms with Crippen LogP contribution in [0.3, 0.4) is 0 Å². The smallest absolute Gasteiger partial charge is 0.336 e. The maximum atomic E-state index is 11.3. The van der Waals surface area contributed by atoms with Crippen LogP contribution in [0.5, 0.6) is 0 Å². The number of carbonyl (C=O) groups is 2. The first-order chi connectivity index (χ1) is 11.3. The van der Waals surface area contributed by atoms with Crippen LogP contribution in [0.1, 0.15) is 48.5 Å². The van der Waals surface area contributed by atoms with Crippen LogP contribution in [0.25, 0.3) is 6.08 Å². The molecule has 0 saturated carbocycles. The van der Waals surface area contributed by atoms with Crippen molar-refractivity contribution in [3.8, 4) is 0 Å². The summed E-state index contributed by atoms with van der Waals surface area (Å²) in [6, 6.07) is 6.75. The highest BCUT2D eigenvalue weighted by atomic mass is 32.2. The van der Waals surface area contributed by atoms with Gasteiger partial charge < -0.3 is 10.2 Å². The number of thioether (sulfide) groups is 1. The maximum Gasteiger partial charge on any atom is 0.336 e. The molecule has 0 bridgehead atoms. The lowest BCUT2D eigenvalue weighted by atomic mass is 10.0. The van der Waals surface area contributed by atoms with E-state index in [-0.39, 0.29) is 12.0 Å². The van der Waals surface area contributed by atoms with Crippen molar-refractivity contribution in [2.24, 2.45) is 0 Å². The molecule has 0 aliphatic heterocycles. The number of benzene rings is 1. The fourth-order valence-corrected chi connectivity index (χ4v) is 3.07. The molecule has 0 unspecified atom stereocenters. The molecule has 1 aromatic carbocycles. The zero-order valence-electron chi connectivity index (χ0n) is 13.4. The number of hydrogen-bond acceptors (Lipinski definition) is 4. The van der Waals surface area contributed by atoms with E-state index in [1.54, 1.807) is 37.3 Å². The topological polar surface area (TPSA) is 74.6 Å². The van der Waals surface area contributed by atoms with E-state index >= 15 is 0 Å². The van der Waals surface area contributed by atoms with Gasteiger partial charge in [-0.3, -0.25) is 4.79 Å². The first-order valence-corrected chi connectivity index (χ1v) is 8.66.